The number of nitrogens with zero attached hydrogens (tertiary/aromatic N) is 4. The number of aromatic nitrogens is 2. The van der Waals surface area contributed by atoms with Crippen molar-refractivity contribution in [3.63, 3.8) is 0 Å². The largest absolute Gasteiger partial charge is 0.489 e. The van der Waals surface area contributed by atoms with Gasteiger partial charge in [0.25, 0.3) is 5.89 Å². The van der Waals surface area contributed by atoms with E-state index in [0.29, 0.717) is 48.1 Å². The quantitative estimate of drug-likeness (QED) is 0.551. The van der Waals surface area contributed by atoms with Crippen molar-refractivity contribution < 1.29 is 19.2 Å². The van der Waals surface area contributed by atoms with E-state index < -0.39 is 5.97 Å². The fourth-order valence-corrected chi connectivity index (χ4v) is 4.69. The molecule has 3 aromatic rings. The Bertz CT molecular complexity index is 1210. The van der Waals surface area contributed by atoms with Crippen LogP contribution in [0.1, 0.15) is 43.2 Å². The molecule has 1 unspecified atom stereocenters. The third-order valence-electron chi connectivity index (χ3n) is 6.61. The third-order valence-corrected chi connectivity index (χ3v) is 6.61. The maximum atomic E-state index is 11.2. The smallest absolute Gasteiger partial charge is 0.307 e. The number of likely N-dealkylation sites (tertiary alicyclic amines) is 1. The van der Waals surface area contributed by atoms with Gasteiger partial charge in [-0.15, -0.1) is 0 Å². The Morgan fingerprint density at radius 1 is 1.15 bits per heavy atom. The summed E-state index contributed by atoms with van der Waals surface area (Å²) in [7, 11) is 0. The van der Waals surface area contributed by atoms with Crippen LogP contribution < -0.4 is 4.74 Å². The lowest BCUT2D eigenvalue weighted by atomic mass is 10.1. The third kappa shape index (κ3) is 4.80. The fraction of sp³-hybridized carbons (Fsp3) is 0.385. The van der Waals surface area contributed by atoms with Crippen molar-refractivity contribution in [1.82, 2.24) is 15.0 Å². The van der Waals surface area contributed by atoms with Gasteiger partial charge in [-0.3, -0.25) is 9.69 Å². The summed E-state index contributed by atoms with van der Waals surface area (Å²) in [5, 5.41) is 22.9. The predicted octanol–water partition coefficient (Wildman–Crippen LogP) is 4.50. The molecular weight excluding hydrogens is 432 g/mol. The van der Waals surface area contributed by atoms with Gasteiger partial charge in [0, 0.05) is 24.2 Å². The molecule has 0 radical (unpaired) electrons. The summed E-state index contributed by atoms with van der Waals surface area (Å²) in [5.41, 5.74) is 3.06. The highest BCUT2D eigenvalue weighted by molar-refractivity contribution is 5.70. The molecule has 8 heteroatoms. The molecule has 8 nitrogen and oxygen atoms in total. The first kappa shape index (κ1) is 22.1. The Morgan fingerprint density at radius 2 is 1.91 bits per heavy atom. The molecule has 1 aliphatic heterocycles. The number of nitriles is 1. The normalized spacial score (nSPS) is 18.7. The van der Waals surface area contributed by atoms with Gasteiger partial charge in [0.05, 0.1) is 17.6 Å². The standard InChI is InChI=1S/C26H26N4O4/c27-14-21-13-19(9-10-23(21)33-22-3-1-2-4-22)25-28-24(29-34-25)18-7-5-17(6-8-18)15-30-12-11-20(16-30)26(31)32/h5-10,13,20,22H,1-4,11-12,15-16H2,(H,31,32). The zero-order chi connectivity index (χ0) is 23.5. The van der Waals surface area contributed by atoms with E-state index in [-0.39, 0.29) is 12.0 Å². The van der Waals surface area contributed by atoms with Gasteiger partial charge in [-0.05, 0) is 62.4 Å². The Hall–Kier alpha value is -3.70. The van der Waals surface area contributed by atoms with Crippen LogP contribution in [0.5, 0.6) is 5.75 Å². The predicted molar refractivity (Wildman–Crippen MR) is 124 cm³/mol. The van der Waals surface area contributed by atoms with Crippen molar-refractivity contribution >= 4 is 5.97 Å². The minimum absolute atomic E-state index is 0.181. The number of aliphatic carboxylic acids is 1. The molecular formula is C26H26N4O4. The van der Waals surface area contributed by atoms with E-state index in [0.717, 1.165) is 30.5 Å². The molecule has 5 rings (SSSR count). The van der Waals surface area contributed by atoms with Crippen molar-refractivity contribution in [3.8, 4) is 34.7 Å². The second kappa shape index (κ2) is 9.65. The SMILES string of the molecule is N#Cc1cc(-c2nc(-c3ccc(CN4CCC(C(=O)O)C4)cc3)no2)ccc1OC1CCCC1. The first-order valence-corrected chi connectivity index (χ1v) is 11.7. The number of hydrogen-bond donors (Lipinski definition) is 1. The highest BCUT2D eigenvalue weighted by Gasteiger charge is 2.27. The molecule has 1 aromatic heterocycles. The zero-order valence-electron chi connectivity index (χ0n) is 18.8. The highest BCUT2D eigenvalue weighted by Crippen LogP contribution is 2.30. The first-order valence-electron chi connectivity index (χ1n) is 11.7. The number of benzene rings is 2. The summed E-state index contributed by atoms with van der Waals surface area (Å²) in [6, 6.07) is 15.5. The summed E-state index contributed by atoms with van der Waals surface area (Å²) in [4.78, 5) is 17.8. The number of hydrogen-bond acceptors (Lipinski definition) is 7. The van der Waals surface area contributed by atoms with Crippen LogP contribution in [0.2, 0.25) is 0 Å². The van der Waals surface area contributed by atoms with Crippen LogP contribution in [-0.4, -0.2) is 45.3 Å². The van der Waals surface area contributed by atoms with Gasteiger partial charge in [0.15, 0.2) is 0 Å². The second-order valence-corrected chi connectivity index (χ2v) is 9.03. The molecule has 0 bridgehead atoms. The van der Waals surface area contributed by atoms with Crippen LogP contribution in [0, 0.1) is 17.2 Å². The monoisotopic (exact) mass is 458 g/mol. The van der Waals surface area contributed by atoms with Gasteiger partial charge in [0.2, 0.25) is 5.82 Å². The lowest BCUT2D eigenvalue weighted by Crippen LogP contribution is -2.22. The molecule has 2 aromatic carbocycles. The number of carbonyl (C=O) groups is 1. The summed E-state index contributed by atoms with van der Waals surface area (Å²) in [6.07, 6.45) is 5.26. The molecule has 1 aliphatic carbocycles. The van der Waals surface area contributed by atoms with Crippen LogP contribution in [0.4, 0.5) is 0 Å². The molecule has 2 fully saturated rings. The molecule has 174 valence electrons. The Balaban J connectivity index is 1.26. The Kier molecular flexibility index (Phi) is 6.28. The van der Waals surface area contributed by atoms with Crippen LogP contribution in [0.25, 0.3) is 22.8 Å². The van der Waals surface area contributed by atoms with Crippen LogP contribution in [0.3, 0.4) is 0 Å². The van der Waals surface area contributed by atoms with Gasteiger partial charge in [-0.1, -0.05) is 29.4 Å². The maximum absolute atomic E-state index is 11.2. The average molecular weight is 459 g/mol. The number of carboxylic acids is 1. The van der Waals surface area contributed by atoms with Crippen LogP contribution >= 0.6 is 0 Å². The van der Waals surface area contributed by atoms with Crippen molar-refractivity contribution in [2.24, 2.45) is 5.92 Å². The van der Waals surface area contributed by atoms with Crippen LogP contribution in [-0.2, 0) is 11.3 Å². The maximum Gasteiger partial charge on any atom is 0.307 e. The van der Waals surface area contributed by atoms with E-state index in [1.807, 2.05) is 30.3 Å². The fourth-order valence-electron chi connectivity index (χ4n) is 4.69. The van der Waals surface area contributed by atoms with Crippen LogP contribution in [0.15, 0.2) is 47.0 Å². The lowest BCUT2D eigenvalue weighted by molar-refractivity contribution is -0.141. The Morgan fingerprint density at radius 3 is 2.62 bits per heavy atom. The summed E-state index contributed by atoms with van der Waals surface area (Å²) < 4.78 is 11.5. The van der Waals surface area contributed by atoms with E-state index in [4.69, 9.17) is 9.26 Å². The van der Waals surface area contributed by atoms with Crippen molar-refractivity contribution in [1.29, 1.82) is 5.26 Å². The number of rotatable bonds is 7. The molecule has 1 saturated heterocycles. The molecule has 1 saturated carbocycles. The van der Waals surface area contributed by atoms with Gasteiger partial charge in [-0.2, -0.15) is 10.2 Å². The molecule has 2 aliphatic rings. The minimum Gasteiger partial charge on any atom is -0.489 e. The molecule has 34 heavy (non-hydrogen) atoms. The van der Waals surface area contributed by atoms with Crippen molar-refractivity contribution in [2.75, 3.05) is 13.1 Å². The van der Waals surface area contributed by atoms with Gasteiger partial charge in [0.1, 0.15) is 11.8 Å². The molecule has 2 heterocycles. The van der Waals surface area contributed by atoms with E-state index in [2.05, 4.69) is 21.1 Å². The van der Waals surface area contributed by atoms with Gasteiger partial charge in [-0.25, -0.2) is 0 Å². The summed E-state index contributed by atoms with van der Waals surface area (Å²) >= 11 is 0. The van der Waals surface area contributed by atoms with Gasteiger partial charge >= 0.3 is 5.97 Å². The highest BCUT2D eigenvalue weighted by atomic mass is 16.5. The van der Waals surface area contributed by atoms with Crippen molar-refractivity contribution in [3.05, 3.63) is 53.6 Å². The average Bonchev–Trinajstić information content (AvgIpc) is 3.62. The number of carboxylic acid groups (broad SMARTS) is 1. The molecule has 0 amide bonds. The van der Waals surface area contributed by atoms with Gasteiger partial charge < -0.3 is 14.4 Å². The van der Waals surface area contributed by atoms with E-state index in [1.165, 1.54) is 12.8 Å². The van der Waals surface area contributed by atoms with E-state index >= 15 is 0 Å². The van der Waals surface area contributed by atoms with E-state index in [9.17, 15) is 15.2 Å². The molecule has 1 N–H and O–H groups in total. The molecule has 0 spiro atoms. The zero-order valence-corrected chi connectivity index (χ0v) is 18.8. The lowest BCUT2D eigenvalue weighted by Gasteiger charge is -2.15. The molecule has 1 atom stereocenters. The Labute approximate surface area is 197 Å². The van der Waals surface area contributed by atoms with E-state index in [1.54, 1.807) is 12.1 Å². The summed E-state index contributed by atoms with van der Waals surface area (Å²) in [5.74, 6) is 0.421. The summed E-state index contributed by atoms with van der Waals surface area (Å²) in [6.45, 7) is 2.09. The minimum atomic E-state index is -0.719. The van der Waals surface area contributed by atoms with Crippen molar-refractivity contribution in [2.45, 2.75) is 44.8 Å². The number of ether oxygens (including phenoxy) is 1. The second-order valence-electron chi connectivity index (χ2n) is 9.03. The first-order chi connectivity index (χ1) is 16.6. The topological polar surface area (TPSA) is 112 Å².